The second-order valence-electron chi connectivity index (χ2n) is 4.27. The van der Waals surface area contributed by atoms with Crippen molar-refractivity contribution < 1.29 is 12.8 Å². The normalized spacial score (nSPS) is 12.4. The maximum Gasteiger partial charge on any atom is 0.241 e. The van der Waals surface area contributed by atoms with Gasteiger partial charge in [-0.1, -0.05) is 19.9 Å². The van der Waals surface area contributed by atoms with Crippen LogP contribution in [0.2, 0.25) is 0 Å². The van der Waals surface area contributed by atoms with Crippen LogP contribution in [0.1, 0.15) is 26.7 Å². The summed E-state index contributed by atoms with van der Waals surface area (Å²) in [6, 6.07) is 4.70. The molecule has 0 atom stereocenters. The van der Waals surface area contributed by atoms with Crippen molar-refractivity contribution in [3.63, 3.8) is 0 Å². The van der Waals surface area contributed by atoms with E-state index in [-0.39, 0.29) is 10.7 Å². The SMILES string of the molecule is CCC(CC)(NS(=O)(=O)c1cccc(F)c1)C(=N)N. The van der Waals surface area contributed by atoms with Gasteiger partial charge in [0.05, 0.1) is 10.4 Å². The molecule has 1 aromatic carbocycles. The molecule has 4 N–H and O–H groups in total. The van der Waals surface area contributed by atoms with Gasteiger partial charge in [-0.25, -0.2) is 12.8 Å². The number of halogens is 1. The molecular formula is C12H18FN3O2S. The van der Waals surface area contributed by atoms with Crippen molar-refractivity contribution in [1.29, 1.82) is 5.41 Å². The van der Waals surface area contributed by atoms with E-state index in [4.69, 9.17) is 11.1 Å². The lowest BCUT2D eigenvalue weighted by Crippen LogP contribution is -2.56. The summed E-state index contributed by atoms with van der Waals surface area (Å²) in [4.78, 5) is -0.181. The molecule has 1 rings (SSSR count). The van der Waals surface area contributed by atoms with Crippen molar-refractivity contribution >= 4 is 15.9 Å². The van der Waals surface area contributed by atoms with E-state index in [9.17, 15) is 12.8 Å². The first-order valence-electron chi connectivity index (χ1n) is 5.91. The lowest BCUT2D eigenvalue weighted by molar-refractivity contribution is 0.458. The van der Waals surface area contributed by atoms with Gasteiger partial charge >= 0.3 is 0 Å². The standard InChI is InChI=1S/C12H18FN3O2S/c1-3-12(4-2,11(14)15)16-19(17,18)10-7-5-6-9(13)8-10/h5-8,16H,3-4H2,1-2H3,(H3,14,15). The van der Waals surface area contributed by atoms with Crippen LogP contribution in [0.3, 0.4) is 0 Å². The fourth-order valence-electron chi connectivity index (χ4n) is 1.78. The van der Waals surface area contributed by atoms with E-state index in [0.717, 1.165) is 12.1 Å². The van der Waals surface area contributed by atoms with Crippen LogP contribution >= 0.6 is 0 Å². The summed E-state index contributed by atoms with van der Waals surface area (Å²) in [5, 5.41) is 7.56. The predicted molar refractivity (Wildman–Crippen MR) is 71.9 cm³/mol. The van der Waals surface area contributed by atoms with Crippen LogP contribution in [0.15, 0.2) is 29.2 Å². The first-order valence-corrected chi connectivity index (χ1v) is 7.40. The highest BCUT2D eigenvalue weighted by Crippen LogP contribution is 2.20. The van der Waals surface area contributed by atoms with Crippen molar-refractivity contribution in [3.8, 4) is 0 Å². The number of benzene rings is 1. The predicted octanol–water partition coefficient (Wildman–Crippen LogP) is 1.60. The van der Waals surface area contributed by atoms with Crippen LogP contribution in [0, 0.1) is 11.2 Å². The van der Waals surface area contributed by atoms with Crippen LogP contribution in [0.25, 0.3) is 0 Å². The molecule has 0 aliphatic rings. The van der Waals surface area contributed by atoms with Gasteiger partial charge in [-0.2, -0.15) is 4.72 Å². The Balaban J connectivity index is 3.18. The highest BCUT2D eigenvalue weighted by molar-refractivity contribution is 7.89. The summed E-state index contributed by atoms with van der Waals surface area (Å²) < 4.78 is 39.9. The average Bonchev–Trinajstić information content (AvgIpc) is 2.35. The highest BCUT2D eigenvalue weighted by atomic mass is 32.2. The fourth-order valence-corrected chi connectivity index (χ4v) is 3.34. The highest BCUT2D eigenvalue weighted by Gasteiger charge is 2.35. The van der Waals surface area contributed by atoms with E-state index in [1.807, 2.05) is 0 Å². The zero-order valence-corrected chi connectivity index (χ0v) is 11.7. The van der Waals surface area contributed by atoms with Crippen molar-refractivity contribution in [1.82, 2.24) is 4.72 Å². The van der Waals surface area contributed by atoms with Crippen LogP contribution < -0.4 is 10.5 Å². The molecule has 106 valence electrons. The topological polar surface area (TPSA) is 96.0 Å². The Morgan fingerprint density at radius 3 is 2.42 bits per heavy atom. The van der Waals surface area contributed by atoms with Gasteiger partial charge in [0.15, 0.2) is 0 Å². The molecule has 0 aromatic heterocycles. The maximum atomic E-state index is 13.1. The number of amidine groups is 1. The van der Waals surface area contributed by atoms with Crippen LogP contribution in [0.5, 0.6) is 0 Å². The minimum Gasteiger partial charge on any atom is -0.386 e. The summed E-state index contributed by atoms with van der Waals surface area (Å²) >= 11 is 0. The zero-order valence-electron chi connectivity index (χ0n) is 10.9. The molecule has 0 spiro atoms. The van der Waals surface area contributed by atoms with Gasteiger partial charge in [-0.15, -0.1) is 0 Å². The van der Waals surface area contributed by atoms with Crippen molar-refractivity contribution in [2.75, 3.05) is 0 Å². The number of nitrogens with one attached hydrogen (secondary N) is 2. The summed E-state index contributed by atoms with van der Waals surface area (Å²) in [6.07, 6.45) is 0.681. The maximum absolute atomic E-state index is 13.1. The van der Waals surface area contributed by atoms with E-state index in [1.165, 1.54) is 12.1 Å². The van der Waals surface area contributed by atoms with E-state index in [0.29, 0.717) is 12.8 Å². The molecular weight excluding hydrogens is 269 g/mol. The van der Waals surface area contributed by atoms with Gasteiger partial charge in [-0.3, -0.25) is 5.41 Å². The molecule has 19 heavy (non-hydrogen) atoms. The second kappa shape index (κ2) is 5.66. The number of rotatable bonds is 6. The Morgan fingerprint density at radius 2 is 2.00 bits per heavy atom. The van der Waals surface area contributed by atoms with Crippen LogP contribution in [-0.4, -0.2) is 19.8 Å². The van der Waals surface area contributed by atoms with E-state index in [2.05, 4.69) is 4.72 Å². The van der Waals surface area contributed by atoms with Crippen molar-refractivity contribution in [2.45, 2.75) is 37.1 Å². The Kier molecular flexibility index (Phi) is 4.65. The minimum atomic E-state index is -3.92. The van der Waals surface area contributed by atoms with E-state index < -0.39 is 21.4 Å². The number of hydrogen-bond donors (Lipinski definition) is 3. The van der Waals surface area contributed by atoms with Gasteiger partial charge in [0.25, 0.3) is 0 Å². The molecule has 0 unspecified atom stereocenters. The molecule has 0 fully saturated rings. The third kappa shape index (κ3) is 3.30. The Hall–Kier alpha value is -1.47. The van der Waals surface area contributed by atoms with Gasteiger partial charge in [0.2, 0.25) is 10.0 Å². The van der Waals surface area contributed by atoms with Crippen LogP contribution in [0.4, 0.5) is 4.39 Å². The summed E-state index contributed by atoms with van der Waals surface area (Å²) in [7, 11) is -3.92. The molecule has 7 heteroatoms. The van der Waals surface area contributed by atoms with Gasteiger partial charge in [-0.05, 0) is 31.0 Å². The molecule has 1 aromatic rings. The molecule has 0 bridgehead atoms. The molecule has 0 amide bonds. The van der Waals surface area contributed by atoms with Crippen molar-refractivity contribution in [3.05, 3.63) is 30.1 Å². The molecule has 0 aliphatic carbocycles. The Bertz CT molecular complexity index is 568. The Morgan fingerprint density at radius 1 is 1.42 bits per heavy atom. The summed E-state index contributed by atoms with van der Waals surface area (Å²) in [5.74, 6) is -0.887. The van der Waals surface area contributed by atoms with Crippen molar-refractivity contribution in [2.24, 2.45) is 5.73 Å². The average molecular weight is 287 g/mol. The van der Waals surface area contributed by atoms with E-state index >= 15 is 0 Å². The number of nitrogens with two attached hydrogens (primary N) is 1. The Labute approximate surface area is 112 Å². The first kappa shape index (κ1) is 15.6. The van der Waals surface area contributed by atoms with Crippen LogP contribution in [-0.2, 0) is 10.0 Å². The zero-order chi connectivity index (χ0) is 14.7. The smallest absolute Gasteiger partial charge is 0.241 e. The minimum absolute atomic E-state index is 0.181. The lowest BCUT2D eigenvalue weighted by atomic mass is 9.93. The third-order valence-electron chi connectivity index (χ3n) is 3.16. The van der Waals surface area contributed by atoms with E-state index in [1.54, 1.807) is 13.8 Å². The lowest BCUT2D eigenvalue weighted by Gasteiger charge is -2.31. The van der Waals surface area contributed by atoms with Gasteiger partial charge in [0.1, 0.15) is 11.7 Å². The molecule has 0 aliphatic heterocycles. The molecule has 0 saturated carbocycles. The molecule has 0 radical (unpaired) electrons. The largest absolute Gasteiger partial charge is 0.386 e. The first-order chi connectivity index (χ1) is 8.77. The third-order valence-corrected chi connectivity index (χ3v) is 4.69. The monoisotopic (exact) mass is 287 g/mol. The quantitative estimate of drug-likeness (QED) is 0.547. The molecule has 5 nitrogen and oxygen atoms in total. The summed E-state index contributed by atoms with van der Waals surface area (Å²) in [5.41, 5.74) is 4.36. The van der Waals surface area contributed by atoms with Gasteiger partial charge in [0, 0.05) is 0 Å². The summed E-state index contributed by atoms with van der Waals surface area (Å²) in [6.45, 7) is 3.47. The molecule has 0 heterocycles. The second-order valence-corrected chi connectivity index (χ2v) is 5.95. The number of hydrogen-bond acceptors (Lipinski definition) is 3. The van der Waals surface area contributed by atoms with Gasteiger partial charge < -0.3 is 5.73 Å². The number of sulfonamides is 1. The molecule has 0 saturated heterocycles. The fraction of sp³-hybridized carbons (Fsp3) is 0.417.